The third-order valence-corrected chi connectivity index (χ3v) is 2.36. The van der Waals surface area contributed by atoms with Gasteiger partial charge in [0.1, 0.15) is 0 Å². The van der Waals surface area contributed by atoms with Crippen molar-refractivity contribution in [3.63, 3.8) is 0 Å². The summed E-state index contributed by atoms with van der Waals surface area (Å²) in [7, 11) is 0. The van der Waals surface area contributed by atoms with Crippen molar-refractivity contribution in [2.75, 3.05) is 13.1 Å². The number of aliphatic hydroxyl groups is 1. The molecule has 0 spiro atoms. The number of ketones is 1. The fourth-order valence-electron chi connectivity index (χ4n) is 1.37. The van der Waals surface area contributed by atoms with E-state index in [2.05, 4.69) is 17.6 Å². The molecule has 2 atom stereocenters. The van der Waals surface area contributed by atoms with Crippen molar-refractivity contribution in [2.45, 2.75) is 52.2 Å². The Balaban J connectivity index is 3.98. The fourth-order valence-corrected chi connectivity index (χ4v) is 1.37. The van der Waals surface area contributed by atoms with Gasteiger partial charge in [-0.2, -0.15) is 0 Å². The van der Waals surface area contributed by atoms with Crippen LogP contribution in [0.3, 0.4) is 0 Å². The van der Waals surface area contributed by atoms with Crippen molar-refractivity contribution >= 4 is 11.7 Å². The Kier molecular flexibility index (Phi) is 8.62. The van der Waals surface area contributed by atoms with E-state index in [9.17, 15) is 9.59 Å². The van der Waals surface area contributed by atoms with E-state index < -0.39 is 12.1 Å². The van der Waals surface area contributed by atoms with Gasteiger partial charge >= 0.3 is 0 Å². The molecular weight excluding hydrogens is 220 g/mol. The summed E-state index contributed by atoms with van der Waals surface area (Å²) in [6.45, 7) is 6.37. The fraction of sp³-hybridized carbons (Fsp3) is 0.833. The van der Waals surface area contributed by atoms with Gasteiger partial charge in [0.25, 0.3) is 0 Å². The standard InChI is InChI=1S/C12H24N2O3/c1-4-5-6-13-8-11(10(3)16)14-12(17)7-9(2)15/h9,11,13,15H,4-8H2,1-3H3,(H,14,17)/t9-,11-/m0/s1. The number of carbonyl (C=O) groups is 2. The van der Waals surface area contributed by atoms with E-state index in [0.29, 0.717) is 6.54 Å². The van der Waals surface area contributed by atoms with Crippen LogP contribution in [0.5, 0.6) is 0 Å². The first-order chi connectivity index (χ1) is 7.97. The maximum absolute atomic E-state index is 11.4. The number of nitrogens with one attached hydrogen (secondary N) is 2. The first-order valence-electron chi connectivity index (χ1n) is 6.16. The third-order valence-electron chi connectivity index (χ3n) is 2.36. The molecule has 3 N–H and O–H groups in total. The quantitative estimate of drug-likeness (QED) is 0.507. The topological polar surface area (TPSA) is 78.4 Å². The average Bonchev–Trinajstić information content (AvgIpc) is 2.21. The Hall–Kier alpha value is -0.940. The van der Waals surface area contributed by atoms with E-state index >= 15 is 0 Å². The van der Waals surface area contributed by atoms with Crippen LogP contribution in [0.2, 0.25) is 0 Å². The maximum atomic E-state index is 11.4. The number of hydrogen-bond acceptors (Lipinski definition) is 4. The van der Waals surface area contributed by atoms with Gasteiger partial charge in [0, 0.05) is 6.54 Å². The third kappa shape index (κ3) is 8.83. The molecule has 0 saturated heterocycles. The zero-order chi connectivity index (χ0) is 13.3. The Morgan fingerprint density at radius 3 is 2.47 bits per heavy atom. The highest BCUT2D eigenvalue weighted by Crippen LogP contribution is 1.92. The molecule has 0 aromatic rings. The van der Waals surface area contributed by atoms with Gasteiger partial charge < -0.3 is 15.7 Å². The number of unbranched alkanes of at least 4 members (excludes halogenated alkanes) is 1. The van der Waals surface area contributed by atoms with Gasteiger partial charge in [-0.15, -0.1) is 0 Å². The minimum atomic E-state index is -0.685. The Morgan fingerprint density at radius 1 is 1.35 bits per heavy atom. The lowest BCUT2D eigenvalue weighted by Crippen LogP contribution is -2.47. The molecule has 0 aliphatic heterocycles. The van der Waals surface area contributed by atoms with Crippen molar-refractivity contribution in [1.82, 2.24) is 10.6 Å². The molecule has 1 amide bonds. The molecular formula is C12H24N2O3. The van der Waals surface area contributed by atoms with Crippen molar-refractivity contribution < 1.29 is 14.7 Å². The molecule has 0 aromatic heterocycles. The van der Waals surface area contributed by atoms with E-state index in [1.807, 2.05) is 0 Å². The van der Waals surface area contributed by atoms with E-state index in [0.717, 1.165) is 19.4 Å². The second-order valence-corrected chi connectivity index (χ2v) is 4.34. The summed E-state index contributed by atoms with van der Waals surface area (Å²) in [4.78, 5) is 22.7. The molecule has 0 aliphatic rings. The van der Waals surface area contributed by atoms with Gasteiger partial charge in [0.2, 0.25) is 5.91 Å². The van der Waals surface area contributed by atoms with Gasteiger partial charge in [-0.05, 0) is 26.8 Å². The second kappa shape index (κ2) is 9.13. The molecule has 0 radical (unpaired) electrons. The lowest BCUT2D eigenvalue weighted by Gasteiger charge is -2.17. The normalized spacial score (nSPS) is 14.1. The minimum Gasteiger partial charge on any atom is -0.393 e. The number of hydrogen-bond donors (Lipinski definition) is 3. The highest BCUT2D eigenvalue weighted by Gasteiger charge is 2.17. The summed E-state index contributed by atoms with van der Waals surface area (Å²) in [6.07, 6.45) is 1.48. The summed E-state index contributed by atoms with van der Waals surface area (Å²) < 4.78 is 0. The molecule has 100 valence electrons. The van der Waals surface area contributed by atoms with E-state index in [4.69, 9.17) is 5.11 Å². The lowest BCUT2D eigenvalue weighted by molar-refractivity contribution is -0.127. The summed E-state index contributed by atoms with van der Waals surface area (Å²) in [5.74, 6) is -0.370. The van der Waals surface area contributed by atoms with Crippen molar-refractivity contribution in [1.29, 1.82) is 0 Å². The van der Waals surface area contributed by atoms with Crippen LogP contribution in [0.4, 0.5) is 0 Å². The largest absolute Gasteiger partial charge is 0.393 e. The SMILES string of the molecule is CCCCNC[C@H](NC(=O)C[C@H](C)O)C(C)=O. The van der Waals surface area contributed by atoms with E-state index in [-0.39, 0.29) is 18.1 Å². The molecule has 0 aliphatic carbocycles. The van der Waals surface area contributed by atoms with Crippen LogP contribution in [0.1, 0.15) is 40.0 Å². The first-order valence-corrected chi connectivity index (χ1v) is 6.16. The molecule has 0 rings (SSSR count). The summed E-state index contributed by atoms with van der Waals surface area (Å²) in [5.41, 5.74) is 0. The number of Topliss-reactive ketones (excluding diaryl/α,β-unsaturated/α-hetero) is 1. The van der Waals surface area contributed by atoms with Crippen LogP contribution in [-0.4, -0.2) is 42.0 Å². The molecule has 0 bridgehead atoms. The van der Waals surface area contributed by atoms with Crippen LogP contribution in [-0.2, 0) is 9.59 Å². The molecule has 0 heterocycles. The van der Waals surface area contributed by atoms with E-state index in [1.165, 1.54) is 6.92 Å². The summed E-state index contributed by atoms with van der Waals surface area (Å²) in [6, 6.07) is -0.502. The lowest BCUT2D eigenvalue weighted by atomic mass is 10.2. The smallest absolute Gasteiger partial charge is 0.223 e. The van der Waals surface area contributed by atoms with Gasteiger partial charge in [-0.3, -0.25) is 9.59 Å². The summed E-state index contributed by atoms with van der Waals surface area (Å²) >= 11 is 0. The highest BCUT2D eigenvalue weighted by atomic mass is 16.3. The Bertz CT molecular complexity index is 242. The van der Waals surface area contributed by atoms with Crippen LogP contribution >= 0.6 is 0 Å². The molecule has 5 heteroatoms. The Labute approximate surface area is 103 Å². The van der Waals surface area contributed by atoms with Gasteiger partial charge in [0.05, 0.1) is 18.6 Å². The summed E-state index contributed by atoms with van der Waals surface area (Å²) in [5, 5.41) is 14.8. The number of aliphatic hydroxyl groups excluding tert-OH is 1. The molecule has 5 nitrogen and oxygen atoms in total. The minimum absolute atomic E-state index is 0.0265. The van der Waals surface area contributed by atoms with Crippen LogP contribution in [0, 0.1) is 0 Å². The molecule has 0 unspecified atom stereocenters. The molecule has 0 aromatic carbocycles. The second-order valence-electron chi connectivity index (χ2n) is 4.34. The maximum Gasteiger partial charge on any atom is 0.223 e. The van der Waals surface area contributed by atoms with Gasteiger partial charge in [-0.25, -0.2) is 0 Å². The molecule has 17 heavy (non-hydrogen) atoms. The predicted octanol–water partition coefficient (Wildman–Crippen LogP) is 0.221. The van der Waals surface area contributed by atoms with Crippen molar-refractivity contribution in [2.24, 2.45) is 0 Å². The van der Waals surface area contributed by atoms with Crippen LogP contribution in [0.15, 0.2) is 0 Å². The highest BCUT2D eigenvalue weighted by molar-refractivity contribution is 5.87. The average molecular weight is 244 g/mol. The number of amides is 1. The number of rotatable bonds is 9. The van der Waals surface area contributed by atoms with Gasteiger partial charge in [0.15, 0.2) is 5.78 Å². The molecule has 0 saturated carbocycles. The number of carbonyl (C=O) groups excluding carboxylic acids is 2. The van der Waals surface area contributed by atoms with Crippen molar-refractivity contribution in [3.8, 4) is 0 Å². The first kappa shape index (κ1) is 16.1. The molecule has 0 fully saturated rings. The van der Waals surface area contributed by atoms with Crippen LogP contribution in [0.25, 0.3) is 0 Å². The zero-order valence-electron chi connectivity index (χ0n) is 11.0. The van der Waals surface area contributed by atoms with Crippen LogP contribution < -0.4 is 10.6 Å². The zero-order valence-corrected chi connectivity index (χ0v) is 11.0. The predicted molar refractivity (Wildman–Crippen MR) is 66.7 cm³/mol. The van der Waals surface area contributed by atoms with Gasteiger partial charge in [-0.1, -0.05) is 13.3 Å². The van der Waals surface area contributed by atoms with Crippen molar-refractivity contribution in [3.05, 3.63) is 0 Å². The monoisotopic (exact) mass is 244 g/mol. The Morgan fingerprint density at radius 2 is 2.00 bits per heavy atom. The van der Waals surface area contributed by atoms with E-state index in [1.54, 1.807) is 6.92 Å².